The second kappa shape index (κ2) is 6.53. The van der Waals surface area contributed by atoms with Gasteiger partial charge in [-0.05, 0) is 61.3 Å². The lowest BCUT2D eigenvalue weighted by molar-refractivity contribution is 0.455. The van der Waals surface area contributed by atoms with Gasteiger partial charge in [0.15, 0.2) is 0 Å². The number of rotatable bonds is 3. The molecule has 1 aliphatic rings. The van der Waals surface area contributed by atoms with E-state index in [9.17, 15) is 4.39 Å². The Morgan fingerprint density at radius 2 is 1.79 bits per heavy atom. The minimum Gasteiger partial charge on any atom is -0.316 e. The summed E-state index contributed by atoms with van der Waals surface area (Å²) < 4.78 is 13.3. The largest absolute Gasteiger partial charge is 0.316 e. The molecule has 3 aromatic rings. The van der Waals surface area contributed by atoms with E-state index in [1.54, 1.807) is 24.5 Å². The lowest BCUT2D eigenvalue weighted by Gasteiger charge is -2.23. The molecule has 2 aromatic heterocycles. The van der Waals surface area contributed by atoms with Crippen LogP contribution in [0.25, 0.3) is 22.4 Å². The lowest BCUT2D eigenvalue weighted by Crippen LogP contribution is -2.28. The second-order valence-corrected chi connectivity index (χ2v) is 6.15. The number of H-pyrrole nitrogens is 1. The van der Waals surface area contributed by atoms with Crippen LogP contribution in [0.15, 0.2) is 48.8 Å². The van der Waals surface area contributed by atoms with Crippen molar-refractivity contribution in [3.8, 4) is 22.4 Å². The van der Waals surface area contributed by atoms with Crippen molar-refractivity contribution in [1.82, 2.24) is 20.5 Å². The maximum atomic E-state index is 13.3. The zero-order chi connectivity index (χ0) is 16.4. The summed E-state index contributed by atoms with van der Waals surface area (Å²) in [5, 5.41) is 11.3. The van der Waals surface area contributed by atoms with Crippen molar-refractivity contribution in [2.24, 2.45) is 0 Å². The number of halogens is 1. The van der Waals surface area contributed by atoms with Crippen LogP contribution in [-0.2, 0) is 0 Å². The number of piperidine rings is 1. The molecule has 0 unspecified atom stereocenters. The predicted molar refractivity (Wildman–Crippen MR) is 92.1 cm³/mol. The molecule has 3 heterocycles. The van der Waals surface area contributed by atoms with Crippen LogP contribution in [0.2, 0.25) is 0 Å². The molecule has 0 bridgehead atoms. The highest BCUT2D eigenvalue weighted by Gasteiger charge is 2.24. The van der Waals surface area contributed by atoms with Gasteiger partial charge in [-0.2, -0.15) is 5.10 Å². The topological polar surface area (TPSA) is 53.6 Å². The molecule has 0 saturated carbocycles. The zero-order valence-electron chi connectivity index (χ0n) is 13.3. The molecule has 122 valence electrons. The number of nitrogens with zero attached hydrogens (tertiary/aromatic N) is 2. The van der Waals surface area contributed by atoms with Crippen molar-refractivity contribution < 1.29 is 4.39 Å². The smallest absolute Gasteiger partial charge is 0.123 e. The van der Waals surface area contributed by atoms with Crippen LogP contribution >= 0.6 is 0 Å². The summed E-state index contributed by atoms with van der Waals surface area (Å²) in [6, 6.07) is 10.5. The SMILES string of the molecule is Fc1ccc(-c2n[nH]c([C@@H]3CCCNC3)c2-c2ccncc2)cc1. The molecular weight excluding hydrogens is 303 g/mol. The molecule has 0 radical (unpaired) electrons. The second-order valence-electron chi connectivity index (χ2n) is 6.15. The van der Waals surface area contributed by atoms with E-state index in [0.717, 1.165) is 54.0 Å². The van der Waals surface area contributed by atoms with Gasteiger partial charge in [-0.25, -0.2) is 4.39 Å². The maximum absolute atomic E-state index is 13.3. The Balaban J connectivity index is 1.84. The van der Waals surface area contributed by atoms with E-state index in [1.807, 2.05) is 12.1 Å². The Morgan fingerprint density at radius 3 is 2.50 bits per heavy atom. The average Bonchev–Trinajstić information content (AvgIpc) is 3.09. The van der Waals surface area contributed by atoms with Crippen molar-refractivity contribution in [3.05, 3.63) is 60.3 Å². The fraction of sp³-hybridized carbons (Fsp3) is 0.263. The molecule has 0 spiro atoms. The third-order valence-electron chi connectivity index (χ3n) is 4.59. The molecule has 2 N–H and O–H groups in total. The first-order valence-corrected chi connectivity index (χ1v) is 8.28. The average molecular weight is 322 g/mol. The molecule has 4 nitrogen and oxygen atoms in total. The van der Waals surface area contributed by atoms with Crippen LogP contribution in [0.5, 0.6) is 0 Å². The number of hydrogen-bond acceptors (Lipinski definition) is 3. The third-order valence-corrected chi connectivity index (χ3v) is 4.59. The monoisotopic (exact) mass is 322 g/mol. The van der Waals surface area contributed by atoms with Gasteiger partial charge >= 0.3 is 0 Å². The van der Waals surface area contributed by atoms with E-state index in [-0.39, 0.29) is 5.82 Å². The van der Waals surface area contributed by atoms with Gasteiger partial charge in [0.25, 0.3) is 0 Å². The zero-order valence-corrected chi connectivity index (χ0v) is 13.3. The fourth-order valence-corrected chi connectivity index (χ4v) is 3.38. The van der Waals surface area contributed by atoms with Crippen LogP contribution in [0.4, 0.5) is 4.39 Å². The summed E-state index contributed by atoms with van der Waals surface area (Å²) in [6.45, 7) is 2.02. The van der Waals surface area contributed by atoms with Crippen LogP contribution < -0.4 is 5.32 Å². The Labute approximate surface area is 140 Å². The summed E-state index contributed by atoms with van der Waals surface area (Å²) in [6.07, 6.45) is 5.88. The number of benzene rings is 1. The molecule has 1 aromatic carbocycles. The Kier molecular flexibility index (Phi) is 4.09. The minimum absolute atomic E-state index is 0.239. The molecule has 1 aliphatic heterocycles. The quantitative estimate of drug-likeness (QED) is 0.772. The Bertz CT molecular complexity index is 805. The van der Waals surface area contributed by atoms with Crippen molar-refractivity contribution in [1.29, 1.82) is 0 Å². The molecule has 1 saturated heterocycles. The Hall–Kier alpha value is -2.53. The molecule has 1 fully saturated rings. The van der Waals surface area contributed by atoms with E-state index in [2.05, 4.69) is 20.5 Å². The van der Waals surface area contributed by atoms with Crippen molar-refractivity contribution in [2.45, 2.75) is 18.8 Å². The summed E-state index contributed by atoms with van der Waals surface area (Å²) >= 11 is 0. The lowest BCUT2D eigenvalue weighted by atomic mass is 9.89. The normalized spacial score (nSPS) is 17.8. The third kappa shape index (κ3) is 2.83. The first-order chi connectivity index (χ1) is 11.8. The van der Waals surface area contributed by atoms with E-state index < -0.39 is 0 Å². The number of aromatic nitrogens is 3. The van der Waals surface area contributed by atoms with Gasteiger partial charge < -0.3 is 5.32 Å². The minimum atomic E-state index is -0.239. The van der Waals surface area contributed by atoms with Crippen LogP contribution in [0, 0.1) is 5.82 Å². The summed E-state index contributed by atoms with van der Waals surface area (Å²) in [7, 11) is 0. The van der Waals surface area contributed by atoms with Gasteiger partial charge in [-0.3, -0.25) is 10.1 Å². The van der Waals surface area contributed by atoms with Gasteiger partial charge in [-0.15, -0.1) is 0 Å². The highest BCUT2D eigenvalue weighted by Crippen LogP contribution is 2.38. The van der Waals surface area contributed by atoms with Crippen molar-refractivity contribution in [2.75, 3.05) is 13.1 Å². The number of hydrogen-bond donors (Lipinski definition) is 2. The van der Waals surface area contributed by atoms with Crippen molar-refractivity contribution in [3.63, 3.8) is 0 Å². The summed E-state index contributed by atoms with van der Waals surface area (Å²) in [5.74, 6) is 0.167. The highest BCUT2D eigenvalue weighted by molar-refractivity contribution is 5.82. The van der Waals surface area contributed by atoms with E-state index in [1.165, 1.54) is 12.1 Å². The molecule has 5 heteroatoms. The van der Waals surface area contributed by atoms with Gasteiger partial charge in [0, 0.05) is 41.7 Å². The van der Waals surface area contributed by atoms with Gasteiger partial charge in [-0.1, -0.05) is 0 Å². The van der Waals surface area contributed by atoms with E-state index in [0.29, 0.717) is 5.92 Å². The molecule has 24 heavy (non-hydrogen) atoms. The Morgan fingerprint density at radius 1 is 1.00 bits per heavy atom. The summed E-state index contributed by atoms with van der Waals surface area (Å²) in [5.41, 5.74) is 5.10. The number of aromatic amines is 1. The van der Waals surface area contributed by atoms with E-state index in [4.69, 9.17) is 0 Å². The number of nitrogens with one attached hydrogen (secondary N) is 2. The van der Waals surface area contributed by atoms with Crippen LogP contribution in [0.3, 0.4) is 0 Å². The van der Waals surface area contributed by atoms with Crippen molar-refractivity contribution >= 4 is 0 Å². The van der Waals surface area contributed by atoms with Crippen LogP contribution in [0.1, 0.15) is 24.5 Å². The van der Waals surface area contributed by atoms with Gasteiger partial charge in [0.05, 0.1) is 0 Å². The predicted octanol–water partition coefficient (Wildman–Crippen LogP) is 3.74. The van der Waals surface area contributed by atoms with Gasteiger partial charge in [0.2, 0.25) is 0 Å². The van der Waals surface area contributed by atoms with E-state index >= 15 is 0 Å². The first-order valence-electron chi connectivity index (χ1n) is 8.28. The van der Waals surface area contributed by atoms with Crippen LogP contribution in [-0.4, -0.2) is 28.3 Å². The molecule has 0 aliphatic carbocycles. The molecule has 0 amide bonds. The molecular formula is C19H19FN4. The maximum Gasteiger partial charge on any atom is 0.123 e. The molecule has 1 atom stereocenters. The summed E-state index contributed by atoms with van der Waals surface area (Å²) in [4.78, 5) is 4.12. The first kappa shape index (κ1) is 15.0. The molecule has 4 rings (SSSR count). The standard InChI is InChI=1S/C19H19FN4/c20-16-5-3-14(4-6-16)18-17(13-7-10-21-11-8-13)19(24-23-18)15-2-1-9-22-12-15/h3-8,10-11,15,22H,1-2,9,12H2,(H,23,24)/t15-/m1/s1. The number of pyridine rings is 1. The highest BCUT2D eigenvalue weighted by atomic mass is 19.1. The fourth-order valence-electron chi connectivity index (χ4n) is 3.38. The van der Waals surface area contributed by atoms with Gasteiger partial charge in [0.1, 0.15) is 11.5 Å².